The molecule has 0 radical (unpaired) electrons. The van der Waals surface area contributed by atoms with Crippen LogP contribution in [0.2, 0.25) is 0 Å². The van der Waals surface area contributed by atoms with Gasteiger partial charge in [0.05, 0.1) is 25.3 Å². The van der Waals surface area contributed by atoms with Crippen LogP contribution >= 0.6 is 0 Å². The third-order valence-electron chi connectivity index (χ3n) is 5.02. The minimum atomic E-state index is -0.0451. The summed E-state index contributed by atoms with van der Waals surface area (Å²) in [4.78, 5) is 19.0. The molecule has 0 bridgehead atoms. The molecule has 1 amide bonds. The molecule has 0 unspecified atom stereocenters. The fourth-order valence-electron chi connectivity index (χ4n) is 3.61. The summed E-state index contributed by atoms with van der Waals surface area (Å²) in [6.07, 6.45) is 2.45. The number of carbonyl (C=O) groups is 1. The average Bonchev–Trinajstić information content (AvgIpc) is 2.56. The van der Waals surface area contributed by atoms with Gasteiger partial charge in [0.15, 0.2) is 0 Å². The summed E-state index contributed by atoms with van der Waals surface area (Å²) in [6, 6.07) is 2.35. The highest BCUT2D eigenvalue weighted by Crippen LogP contribution is 2.14. The fraction of sp³-hybridized carbons (Fsp3) is 0.889. The maximum Gasteiger partial charge on any atom is 0.236 e. The predicted molar refractivity (Wildman–Crippen MR) is 93.5 cm³/mol. The largest absolute Gasteiger partial charge is 0.376 e. The van der Waals surface area contributed by atoms with Gasteiger partial charge < -0.3 is 9.64 Å². The van der Waals surface area contributed by atoms with E-state index in [9.17, 15) is 10.1 Å². The third-order valence-corrected chi connectivity index (χ3v) is 5.02. The lowest BCUT2D eigenvalue weighted by molar-refractivity contribution is -0.136. The number of amides is 1. The average molecular weight is 336 g/mol. The topological polar surface area (TPSA) is 59.8 Å². The molecule has 0 aromatic heterocycles. The molecule has 24 heavy (non-hydrogen) atoms. The molecule has 0 spiro atoms. The quantitative estimate of drug-likeness (QED) is 0.729. The first-order valence-electron chi connectivity index (χ1n) is 9.30. The van der Waals surface area contributed by atoms with Gasteiger partial charge in [-0.15, -0.1) is 0 Å². The molecule has 6 heteroatoms. The van der Waals surface area contributed by atoms with E-state index in [1.807, 2.05) is 4.90 Å². The van der Waals surface area contributed by atoms with Crippen molar-refractivity contribution in [2.45, 2.75) is 45.8 Å². The Balaban J connectivity index is 1.77. The second-order valence-electron chi connectivity index (χ2n) is 7.25. The molecule has 2 fully saturated rings. The smallest absolute Gasteiger partial charge is 0.236 e. The molecular weight excluding hydrogens is 304 g/mol. The summed E-state index contributed by atoms with van der Waals surface area (Å²) < 4.78 is 5.75. The van der Waals surface area contributed by atoms with Crippen LogP contribution in [0.25, 0.3) is 0 Å². The van der Waals surface area contributed by atoms with Crippen LogP contribution in [0.5, 0.6) is 0 Å². The van der Waals surface area contributed by atoms with Crippen LogP contribution < -0.4 is 0 Å². The zero-order chi connectivity index (χ0) is 17.5. The van der Waals surface area contributed by atoms with E-state index in [0.29, 0.717) is 12.5 Å². The first kappa shape index (κ1) is 19.2. The van der Waals surface area contributed by atoms with Crippen molar-refractivity contribution in [3.8, 4) is 6.07 Å². The molecule has 0 aliphatic carbocycles. The molecular formula is C18H32N4O2. The van der Waals surface area contributed by atoms with E-state index in [1.54, 1.807) is 0 Å². The summed E-state index contributed by atoms with van der Waals surface area (Å²) >= 11 is 0. The van der Waals surface area contributed by atoms with Crippen LogP contribution in [0, 0.1) is 17.2 Å². The van der Waals surface area contributed by atoms with Crippen molar-refractivity contribution in [2.75, 3.05) is 52.4 Å². The lowest BCUT2D eigenvalue weighted by Gasteiger charge is -2.39. The highest BCUT2D eigenvalue weighted by molar-refractivity contribution is 5.78. The predicted octanol–water partition coefficient (Wildman–Crippen LogP) is 1.18. The van der Waals surface area contributed by atoms with Crippen molar-refractivity contribution in [2.24, 2.45) is 5.92 Å². The van der Waals surface area contributed by atoms with E-state index in [1.165, 1.54) is 0 Å². The van der Waals surface area contributed by atoms with E-state index in [-0.39, 0.29) is 18.1 Å². The highest BCUT2D eigenvalue weighted by atomic mass is 16.5. The SMILES string of the molecule is CCC[C@H]1CN(CC(=O)N2CCN([C@H](C#N)C(C)C)CC2)CCO1. The summed E-state index contributed by atoms with van der Waals surface area (Å²) in [5, 5.41) is 9.32. The van der Waals surface area contributed by atoms with E-state index < -0.39 is 0 Å². The monoisotopic (exact) mass is 336 g/mol. The maximum absolute atomic E-state index is 12.6. The van der Waals surface area contributed by atoms with Crippen molar-refractivity contribution in [1.29, 1.82) is 5.26 Å². The van der Waals surface area contributed by atoms with Gasteiger partial charge in [-0.2, -0.15) is 5.26 Å². The van der Waals surface area contributed by atoms with Gasteiger partial charge in [0.25, 0.3) is 0 Å². The minimum Gasteiger partial charge on any atom is -0.376 e. The minimum absolute atomic E-state index is 0.0451. The third kappa shape index (κ3) is 5.17. The van der Waals surface area contributed by atoms with Gasteiger partial charge in [0.2, 0.25) is 5.91 Å². The Morgan fingerprint density at radius 3 is 2.54 bits per heavy atom. The van der Waals surface area contributed by atoms with Gasteiger partial charge in [-0.1, -0.05) is 27.2 Å². The number of ether oxygens (including phenoxy) is 1. The number of nitrogens with zero attached hydrogens (tertiary/aromatic N) is 4. The molecule has 0 aromatic rings. The fourth-order valence-corrected chi connectivity index (χ4v) is 3.61. The number of nitriles is 1. The number of hydrogen-bond donors (Lipinski definition) is 0. The first-order valence-corrected chi connectivity index (χ1v) is 9.30. The molecule has 2 aliphatic rings. The van der Waals surface area contributed by atoms with E-state index >= 15 is 0 Å². The second-order valence-corrected chi connectivity index (χ2v) is 7.25. The Morgan fingerprint density at radius 2 is 1.96 bits per heavy atom. The van der Waals surface area contributed by atoms with Crippen LogP contribution in [0.4, 0.5) is 0 Å². The van der Waals surface area contributed by atoms with Gasteiger partial charge in [-0.05, 0) is 12.3 Å². The van der Waals surface area contributed by atoms with Crippen LogP contribution in [0.15, 0.2) is 0 Å². The summed E-state index contributed by atoms with van der Waals surface area (Å²) in [5.41, 5.74) is 0. The molecule has 6 nitrogen and oxygen atoms in total. The molecule has 2 atom stereocenters. The number of piperazine rings is 1. The maximum atomic E-state index is 12.6. The molecule has 136 valence electrons. The molecule has 2 saturated heterocycles. The lowest BCUT2D eigenvalue weighted by Crippen LogP contribution is -2.55. The van der Waals surface area contributed by atoms with Crippen molar-refractivity contribution < 1.29 is 9.53 Å². The number of morpholine rings is 1. The zero-order valence-corrected chi connectivity index (χ0v) is 15.4. The van der Waals surface area contributed by atoms with E-state index in [4.69, 9.17) is 4.74 Å². The van der Waals surface area contributed by atoms with Crippen molar-refractivity contribution in [3.05, 3.63) is 0 Å². The van der Waals surface area contributed by atoms with Gasteiger partial charge in [-0.3, -0.25) is 14.6 Å². The Morgan fingerprint density at radius 1 is 1.25 bits per heavy atom. The molecule has 0 N–H and O–H groups in total. The number of hydrogen-bond acceptors (Lipinski definition) is 5. The summed E-state index contributed by atoms with van der Waals surface area (Å²) in [7, 11) is 0. The van der Waals surface area contributed by atoms with Crippen LogP contribution in [-0.2, 0) is 9.53 Å². The molecule has 0 aromatic carbocycles. The normalized spacial score (nSPS) is 24.8. The second kappa shape index (κ2) is 9.36. The molecule has 2 aliphatic heterocycles. The highest BCUT2D eigenvalue weighted by Gasteiger charge is 2.29. The van der Waals surface area contributed by atoms with Gasteiger partial charge in [0.1, 0.15) is 6.04 Å². The molecule has 0 saturated carbocycles. The first-order chi connectivity index (χ1) is 11.5. The Bertz CT molecular complexity index is 439. The van der Waals surface area contributed by atoms with Gasteiger partial charge >= 0.3 is 0 Å². The Kier molecular flexibility index (Phi) is 7.47. The van der Waals surface area contributed by atoms with Crippen LogP contribution in [-0.4, -0.2) is 85.2 Å². The summed E-state index contributed by atoms with van der Waals surface area (Å²) in [5.74, 6) is 0.533. The molecule has 2 rings (SSSR count). The van der Waals surface area contributed by atoms with Crippen molar-refractivity contribution in [3.63, 3.8) is 0 Å². The number of carbonyl (C=O) groups excluding carboxylic acids is 1. The van der Waals surface area contributed by atoms with Crippen LogP contribution in [0.1, 0.15) is 33.6 Å². The Labute approximate surface area is 146 Å². The number of rotatable bonds is 6. The van der Waals surface area contributed by atoms with E-state index in [0.717, 1.165) is 58.7 Å². The van der Waals surface area contributed by atoms with Crippen molar-refractivity contribution in [1.82, 2.24) is 14.7 Å². The molecule has 2 heterocycles. The van der Waals surface area contributed by atoms with Crippen LogP contribution in [0.3, 0.4) is 0 Å². The summed E-state index contributed by atoms with van der Waals surface area (Å²) in [6.45, 7) is 12.3. The van der Waals surface area contributed by atoms with Gasteiger partial charge in [0, 0.05) is 39.3 Å². The van der Waals surface area contributed by atoms with Crippen molar-refractivity contribution >= 4 is 5.91 Å². The van der Waals surface area contributed by atoms with Gasteiger partial charge in [-0.25, -0.2) is 0 Å². The standard InChI is InChI=1S/C18H32N4O2/c1-4-5-16-13-20(10-11-24-16)14-18(23)22-8-6-21(7-9-22)17(12-19)15(2)3/h15-17H,4-11,13-14H2,1-3H3/t16-,17+/m0/s1. The van der Waals surface area contributed by atoms with E-state index in [2.05, 4.69) is 36.6 Å². The Hall–Kier alpha value is -1.16. The zero-order valence-electron chi connectivity index (χ0n) is 15.4. The lowest BCUT2D eigenvalue weighted by atomic mass is 10.0.